The molecule has 0 amide bonds. The third kappa shape index (κ3) is 4.99. The van der Waals surface area contributed by atoms with Crippen LogP contribution in [0.15, 0.2) is 212 Å². The van der Waals surface area contributed by atoms with Gasteiger partial charge in [-0.2, -0.15) is 0 Å². The smallest absolute Gasteiger partial charge is 0.165 e. The van der Waals surface area contributed by atoms with E-state index in [0.29, 0.717) is 0 Å². The second-order valence-electron chi connectivity index (χ2n) is 18.9. The number of hydrogen-bond acceptors (Lipinski definition) is 2. The van der Waals surface area contributed by atoms with Gasteiger partial charge in [0.1, 0.15) is 5.69 Å². The Balaban J connectivity index is 0.972. The van der Waals surface area contributed by atoms with Crippen LogP contribution >= 0.6 is 0 Å². The zero-order valence-electron chi connectivity index (χ0n) is 37.4. The number of benzene rings is 10. The number of fused-ring (bicyclic) bond motifs is 15. The molecule has 5 heteroatoms. The van der Waals surface area contributed by atoms with E-state index in [9.17, 15) is 0 Å². The number of nitrogens with zero attached hydrogens (tertiary/aromatic N) is 5. The molecule has 0 fully saturated rings. The van der Waals surface area contributed by atoms with E-state index in [-0.39, 0.29) is 5.41 Å². The van der Waals surface area contributed by atoms with Gasteiger partial charge in [-0.15, -0.1) is 0 Å². The van der Waals surface area contributed by atoms with Crippen LogP contribution < -0.4 is 0 Å². The van der Waals surface area contributed by atoms with Crippen LogP contribution in [0.2, 0.25) is 0 Å². The van der Waals surface area contributed by atoms with Gasteiger partial charge in [-0.3, -0.25) is 4.57 Å². The Morgan fingerprint density at radius 2 is 0.838 bits per heavy atom. The zero-order valence-corrected chi connectivity index (χ0v) is 37.4. The summed E-state index contributed by atoms with van der Waals surface area (Å²) >= 11 is 0. The minimum atomic E-state index is -0.0534. The summed E-state index contributed by atoms with van der Waals surface area (Å²) in [6.45, 7) is 4.70. The number of para-hydroxylation sites is 5. The lowest BCUT2D eigenvalue weighted by Gasteiger charge is -2.21. The van der Waals surface area contributed by atoms with E-state index in [4.69, 9.17) is 9.97 Å². The molecule has 0 aliphatic heterocycles. The van der Waals surface area contributed by atoms with Crippen LogP contribution in [0.3, 0.4) is 0 Å². The molecule has 5 nitrogen and oxygen atoms in total. The molecule has 14 aromatic rings. The summed E-state index contributed by atoms with van der Waals surface area (Å²) in [4.78, 5) is 10.9. The third-order valence-electron chi connectivity index (χ3n) is 15.0. The maximum Gasteiger partial charge on any atom is 0.165 e. The van der Waals surface area contributed by atoms with Crippen molar-refractivity contribution in [2.45, 2.75) is 19.3 Å². The fourth-order valence-corrected chi connectivity index (χ4v) is 12.0. The molecule has 0 bridgehead atoms. The summed E-state index contributed by atoms with van der Waals surface area (Å²) in [7, 11) is 0. The summed E-state index contributed by atoms with van der Waals surface area (Å²) in [5.74, 6) is 0.811. The SMILES string of the molecule is CC1(C)c2ccccc2-c2cc(-n3c4ccccc4c4c5c6ccccc6n(-c6ccc7c(c6)c6ccccc6n7-c6nc7ccccc7nc6-c6cccc7ccccc67)c5ccc43)ccc21. The first-order valence-electron chi connectivity index (χ1n) is 23.5. The van der Waals surface area contributed by atoms with Gasteiger partial charge < -0.3 is 9.13 Å². The van der Waals surface area contributed by atoms with Crippen molar-refractivity contribution < 1.29 is 0 Å². The highest BCUT2D eigenvalue weighted by Gasteiger charge is 2.35. The number of rotatable bonds is 4. The molecule has 318 valence electrons. The summed E-state index contributed by atoms with van der Waals surface area (Å²) in [6.07, 6.45) is 0. The minimum absolute atomic E-state index is 0.0534. The van der Waals surface area contributed by atoms with Gasteiger partial charge in [0.2, 0.25) is 0 Å². The first-order chi connectivity index (χ1) is 33.5. The van der Waals surface area contributed by atoms with E-state index in [2.05, 4.69) is 228 Å². The average molecular weight is 868 g/mol. The maximum atomic E-state index is 5.46. The monoisotopic (exact) mass is 867 g/mol. The number of aromatic nitrogens is 5. The molecule has 0 saturated heterocycles. The van der Waals surface area contributed by atoms with Crippen molar-refractivity contribution in [2.75, 3.05) is 0 Å². The minimum Gasteiger partial charge on any atom is -0.309 e. The van der Waals surface area contributed by atoms with Gasteiger partial charge in [-0.25, -0.2) is 9.97 Å². The van der Waals surface area contributed by atoms with Crippen molar-refractivity contribution in [1.29, 1.82) is 0 Å². The Hall–Kier alpha value is -8.80. The van der Waals surface area contributed by atoms with Gasteiger partial charge >= 0.3 is 0 Å². The van der Waals surface area contributed by atoms with Gasteiger partial charge in [0, 0.05) is 54.7 Å². The lowest BCUT2D eigenvalue weighted by Crippen LogP contribution is -2.14. The van der Waals surface area contributed by atoms with E-state index in [0.717, 1.165) is 61.0 Å². The van der Waals surface area contributed by atoms with Crippen LogP contribution in [-0.4, -0.2) is 23.7 Å². The normalized spacial score (nSPS) is 13.3. The molecular weight excluding hydrogens is 827 g/mol. The molecule has 0 atom stereocenters. The average Bonchev–Trinajstić information content (AvgIpc) is 4.08. The van der Waals surface area contributed by atoms with Crippen molar-refractivity contribution in [2.24, 2.45) is 0 Å². The second-order valence-corrected chi connectivity index (χ2v) is 18.9. The van der Waals surface area contributed by atoms with E-state index in [1.54, 1.807) is 0 Å². The van der Waals surface area contributed by atoms with E-state index in [1.807, 2.05) is 12.1 Å². The lowest BCUT2D eigenvalue weighted by molar-refractivity contribution is 0.660. The predicted octanol–water partition coefficient (Wildman–Crippen LogP) is 16.0. The van der Waals surface area contributed by atoms with E-state index >= 15 is 0 Å². The molecule has 0 N–H and O–H groups in total. The van der Waals surface area contributed by atoms with Crippen LogP contribution in [0.4, 0.5) is 0 Å². The van der Waals surface area contributed by atoms with Crippen LogP contribution in [0.25, 0.3) is 127 Å². The Morgan fingerprint density at radius 3 is 1.57 bits per heavy atom. The van der Waals surface area contributed by atoms with Crippen molar-refractivity contribution >= 4 is 87.2 Å². The molecule has 0 radical (unpaired) electrons. The van der Waals surface area contributed by atoms with Crippen molar-refractivity contribution in [3.05, 3.63) is 223 Å². The Morgan fingerprint density at radius 1 is 0.338 bits per heavy atom. The largest absolute Gasteiger partial charge is 0.309 e. The van der Waals surface area contributed by atoms with Crippen molar-refractivity contribution in [1.82, 2.24) is 23.7 Å². The van der Waals surface area contributed by atoms with Crippen molar-refractivity contribution in [3.63, 3.8) is 0 Å². The molecule has 0 spiro atoms. The Labute approximate surface area is 391 Å². The van der Waals surface area contributed by atoms with Gasteiger partial charge in [0.25, 0.3) is 0 Å². The van der Waals surface area contributed by atoms with Crippen molar-refractivity contribution in [3.8, 4) is 39.6 Å². The van der Waals surface area contributed by atoms with Crippen LogP contribution in [0.5, 0.6) is 0 Å². The standard InChI is InChI=1S/C63H41N5/c1-63(2)49-24-9-5-19-42(49)47-36-39(30-32-50(47)63)66-54-28-13-7-21-45(54)59-57(66)34-35-58-60(59)46-22-8-14-29-55(46)67(58)40-31-33-56-48(37-40)43-20-6-12-27-53(43)68(56)62-61(64-51-25-10-11-26-52(51)65-62)44-23-15-17-38-16-3-4-18-41(38)44/h3-37H,1-2H3. The number of hydrogen-bond donors (Lipinski definition) is 0. The molecule has 0 saturated carbocycles. The molecule has 68 heavy (non-hydrogen) atoms. The lowest BCUT2D eigenvalue weighted by atomic mass is 9.82. The van der Waals surface area contributed by atoms with Gasteiger partial charge in [-0.05, 0) is 106 Å². The maximum absolute atomic E-state index is 5.46. The van der Waals surface area contributed by atoms with E-state index in [1.165, 1.54) is 76.9 Å². The molecule has 1 aliphatic rings. The highest BCUT2D eigenvalue weighted by Crippen LogP contribution is 2.50. The molecular formula is C63H41N5. The molecule has 4 aromatic heterocycles. The Kier molecular flexibility index (Phi) is 7.50. The first kappa shape index (κ1) is 37.4. The fraction of sp³-hybridized carbons (Fsp3) is 0.0476. The quantitative estimate of drug-likeness (QED) is 0.177. The molecule has 1 aliphatic carbocycles. The van der Waals surface area contributed by atoms with Crippen LogP contribution in [0, 0.1) is 0 Å². The van der Waals surface area contributed by atoms with Gasteiger partial charge in [-0.1, -0.05) is 153 Å². The van der Waals surface area contributed by atoms with Crippen LogP contribution in [0.1, 0.15) is 25.0 Å². The molecule has 4 heterocycles. The van der Waals surface area contributed by atoms with E-state index < -0.39 is 0 Å². The fourth-order valence-electron chi connectivity index (χ4n) is 12.0. The van der Waals surface area contributed by atoms with Gasteiger partial charge in [0.15, 0.2) is 5.82 Å². The highest BCUT2D eigenvalue weighted by molar-refractivity contribution is 6.29. The third-order valence-corrected chi connectivity index (χ3v) is 15.0. The molecule has 0 unspecified atom stereocenters. The first-order valence-corrected chi connectivity index (χ1v) is 23.5. The summed E-state index contributed by atoms with van der Waals surface area (Å²) < 4.78 is 7.27. The molecule has 10 aromatic carbocycles. The Bertz CT molecular complexity index is 4480. The summed E-state index contributed by atoms with van der Waals surface area (Å²) in [6, 6.07) is 77.5. The molecule has 15 rings (SSSR count). The summed E-state index contributed by atoms with van der Waals surface area (Å²) in [5.41, 5.74) is 18.2. The predicted molar refractivity (Wildman–Crippen MR) is 283 cm³/mol. The highest BCUT2D eigenvalue weighted by atomic mass is 15.1. The summed E-state index contributed by atoms with van der Waals surface area (Å²) in [5, 5.41) is 9.64. The van der Waals surface area contributed by atoms with Gasteiger partial charge in [0.05, 0.1) is 44.1 Å². The second kappa shape index (κ2) is 13.6. The topological polar surface area (TPSA) is 40.6 Å². The van der Waals surface area contributed by atoms with Crippen LogP contribution in [-0.2, 0) is 5.41 Å². The zero-order chi connectivity index (χ0) is 44.8.